The van der Waals surface area contributed by atoms with Gasteiger partial charge < -0.3 is 0 Å². The lowest BCUT2D eigenvalue weighted by Crippen LogP contribution is -2.13. The van der Waals surface area contributed by atoms with E-state index in [1.165, 1.54) is 18.9 Å². The summed E-state index contributed by atoms with van der Waals surface area (Å²) >= 11 is 3.37. The Bertz CT molecular complexity index is 500. The van der Waals surface area contributed by atoms with E-state index in [0.29, 0.717) is 10.4 Å². The van der Waals surface area contributed by atoms with Gasteiger partial charge in [-0.25, -0.2) is 13.6 Å². The molecule has 0 aliphatic carbocycles. The van der Waals surface area contributed by atoms with E-state index in [4.69, 9.17) is 5.14 Å². The molecule has 0 saturated heterocycles. The standard InChI is InChI=1S/C13H20BrNO2S/c1-3-4-5-7-10(2)11-8-6-9-12(13(11)14)18(15,16)17/h6,8-10H,3-5,7H2,1-2H3,(H2,15,16,17). The Balaban J connectivity index is 2.97. The van der Waals surface area contributed by atoms with E-state index in [9.17, 15) is 8.42 Å². The van der Waals surface area contributed by atoms with Gasteiger partial charge in [-0.1, -0.05) is 45.2 Å². The van der Waals surface area contributed by atoms with Crippen LogP contribution in [0, 0.1) is 0 Å². The Kier molecular flexibility index (Phi) is 5.82. The van der Waals surface area contributed by atoms with Gasteiger partial charge in [0.1, 0.15) is 0 Å². The summed E-state index contributed by atoms with van der Waals surface area (Å²) < 4.78 is 23.5. The minimum absolute atomic E-state index is 0.169. The van der Waals surface area contributed by atoms with Gasteiger partial charge in [0.15, 0.2) is 0 Å². The van der Waals surface area contributed by atoms with Crippen LogP contribution in [0.4, 0.5) is 0 Å². The monoisotopic (exact) mass is 333 g/mol. The topological polar surface area (TPSA) is 60.2 Å². The Morgan fingerprint density at radius 2 is 2.00 bits per heavy atom. The van der Waals surface area contributed by atoms with Crippen molar-refractivity contribution in [3.8, 4) is 0 Å². The number of rotatable bonds is 6. The number of nitrogens with two attached hydrogens (primary N) is 1. The van der Waals surface area contributed by atoms with Crippen molar-refractivity contribution in [3.05, 3.63) is 28.2 Å². The van der Waals surface area contributed by atoms with E-state index in [0.717, 1.165) is 18.4 Å². The van der Waals surface area contributed by atoms with Crippen LogP contribution in [0.15, 0.2) is 27.6 Å². The molecule has 1 atom stereocenters. The number of hydrogen-bond donors (Lipinski definition) is 1. The molecule has 102 valence electrons. The fourth-order valence-electron chi connectivity index (χ4n) is 1.98. The third-order valence-electron chi connectivity index (χ3n) is 3.07. The molecule has 0 saturated carbocycles. The maximum atomic E-state index is 11.4. The summed E-state index contributed by atoms with van der Waals surface area (Å²) in [6, 6.07) is 5.23. The molecule has 0 bridgehead atoms. The lowest BCUT2D eigenvalue weighted by atomic mass is 9.95. The van der Waals surface area contributed by atoms with E-state index in [2.05, 4.69) is 29.8 Å². The first-order valence-electron chi connectivity index (χ1n) is 6.19. The lowest BCUT2D eigenvalue weighted by molar-refractivity contribution is 0.590. The molecule has 1 unspecified atom stereocenters. The first kappa shape index (κ1) is 15.7. The molecular weight excluding hydrogens is 314 g/mol. The molecule has 1 rings (SSSR count). The van der Waals surface area contributed by atoms with Crippen molar-refractivity contribution < 1.29 is 8.42 Å². The van der Waals surface area contributed by atoms with Gasteiger partial charge in [-0.2, -0.15) is 0 Å². The van der Waals surface area contributed by atoms with Gasteiger partial charge in [0.05, 0.1) is 4.90 Å². The summed E-state index contributed by atoms with van der Waals surface area (Å²) in [6.07, 6.45) is 4.60. The van der Waals surface area contributed by atoms with Crippen LogP contribution in [0.1, 0.15) is 51.0 Å². The summed E-state index contributed by atoms with van der Waals surface area (Å²) in [7, 11) is -3.66. The molecule has 0 aromatic heterocycles. The van der Waals surface area contributed by atoms with Crippen molar-refractivity contribution in [2.24, 2.45) is 5.14 Å². The van der Waals surface area contributed by atoms with Crippen molar-refractivity contribution >= 4 is 26.0 Å². The summed E-state index contributed by atoms with van der Waals surface area (Å²) in [4.78, 5) is 0.169. The molecule has 0 amide bonds. The zero-order valence-corrected chi connectivity index (χ0v) is 13.2. The van der Waals surface area contributed by atoms with Gasteiger partial charge in [-0.15, -0.1) is 0 Å². The smallest absolute Gasteiger partial charge is 0.225 e. The average Bonchev–Trinajstić information content (AvgIpc) is 2.28. The molecule has 0 aliphatic rings. The van der Waals surface area contributed by atoms with Crippen LogP contribution < -0.4 is 5.14 Å². The van der Waals surface area contributed by atoms with Crippen molar-refractivity contribution in [2.45, 2.75) is 50.3 Å². The van der Waals surface area contributed by atoms with Crippen LogP contribution in [-0.4, -0.2) is 8.42 Å². The molecule has 3 nitrogen and oxygen atoms in total. The molecule has 1 aromatic carbocycles. The number of halogens is 1. The molecule has 0 heterocycles. The molecule has 5 heteroatoms. The van der Waals surface area contributed by atoms with Crippen molar-refractivity contribution in [1.29, 1.82) is 0 Å². The molecule has 0 spiro atoms. The second-order valence-corrected chi connectivity index (χ2v) is 6.92. The summed E-state index contributed by atoms with van der Waals surface area (Å²) in [5, 5.41) is 5.19. The van der Waals surface area contributed by atoms with Gasteiger partial charge in [-0.3, -0.25) is 0 Å². The van der Waals surface area contributed by atoms with Crippen LogP contribution in [-0.2, 0) is 10.0 Å². The van der Waals surface area contributed by atoms with Gasteiger partial charge in [0, 0.05) is 4.47 Å². The molecule has 18 heavy (non-hydrogen) atoms. The van der Waals surface area contributed by atoms with Crippen LogP contribution in [0.25, 0.3) is 0 Å². The second kappa shape index (κ2) is 6.68. The number of hydrogen-bond acceptors (Lipinski definition) is 2. The molecule has 2 N–H and O–H groups in total. The maximum Gasteiger partial charge on any atom is 0.239 e. The zero-order valence-electron chi connectivity index (χ0n) is 10.8. The Morgan fingerprint density at radius 3 is 2.56 bits per heavy atom. The number of sulfonamides is 1. The number of primary sulfonamides is 1. The predicted molar refractivity (Wildman–Crippen MR) is 78.1 cm³/mol. The fourth-order valence-corrected chi connectivity index (χ4v) is 3.95. The van der Waals surface area contributed by atoms with E-state index >= 15 is 0 Å². The molecule has 0 aliphatic heterocycles. The third-order valence-corrected chi connectivity index (χ3v) is 5.17. The molecular formula is C13H20BrNO2S. The summed E-state index contributed by atoms with van der Waals surface area (Å²) in [5.74, 6) is 0.327. The summed E-state index contributed by atoms with van der Waals surface area (Å²) in [5.41, 5.74) is 1.01. The largest absolute Gasteiger partial charge is 0.239 e. The average molecular weight is 334 g/mol. The van der Waals surface area contributed by atoms with E-state index in [1.54, 1.807) is 6.07 Å². The minimum Gasteiger partial charge on any atom is -0.225 e. The van der Waals surface area contributed by atoms with E-state index < -0.39 is 10.0 Å². The van der Waals surface area contributed by atoms with Crippen LogP contribution in [0.5, 0.6) is 0 Å². The predicted octanol–water partition coefficient (Wildman–Crippen LogP) is 3.78. The van der Waals surface area contributed by atoms with E-state index in [1.807, 2.05) is 6.07 Å². The van der Waals surface area contributed by atoms with Crippen molar-refractivity contribution in [3.63, 3.8) is 0 Å². The van der Waals surface area contributed by atoms with Crippen molar-refractivity contribution in [1.82, 2.24) is 0 Å². The zero-order chi connectivity index (χ0) is 13.8. The van der Waals surface area contributed by atoms with Gasteiger partial charge in [-0.05, 0) is 39.9 Å². The molecule has 0 fully saturated rings. The highest BCUT2D eigenvalue weighted by molar-refractivity contribution is 9.10. The highest BCUT2D eigenvalue weighted by atomic mass is 79.9. The lowest BCUT2D eigenvalue weighted by Gasteiger charge is -2.15. The molecule has 1 aromatic rings. The van der Waals surface area contributed by atoms with Crippen LogP contribution in [0.3, 0.4) is 0 Å². The Labute approximate surface area is 118 Å². The SMILES string of the molecule is CCCCCC(C)c1cccc(S(N)(=O)=O)c1Br. The number of benzene rings is 1. The highest BCUT2D eigenvalue weighted by Gasteiger charge is 2.17. The first-order chi connectivity index (χ1) is 8.38. The van der Waals surface area contributed by atoms with E-state index in [-0.39, 0.29) is 4.90 Å². The normalized spacial score (nSPS) is 13.6. The Morgan fingerprint density at radius 1 is 1.33 bits per heavy atom. The molecule has 0 radical (unpaired) electrons. The minimum atomic E-state index is -3.66. The fraction of sp³-hybridized carbons (Fsp3) is 0.538. The number of unbranched alkanes of at least 4 members (excludes halogenated alkanes) is 2. The highest BCUT2D eigenvalue weighted by Crippen LogP contribution is 2.32. The van der Waals surface area contributed by atoms with Crippen LogP contribution in [0.2, 0.25) is 0 Å². The maximum absolute atomic E-state index is 11.4. The van der Waals surface area contributed by atoms with Crippen molar-refractivity contribution in [2.75, 3.05) is 0 Å². The first-order valence-corrected chi connectivity index (χ1v) is 8.53. The van der Waals surface area contributed by atoms with Gasteiger partial charge in [0.25, 0.3) is 0 Å². The second-order valence-electron chi connectivity index (χ2n) is 4.60. The summed E-state index contributed by atoms with van der Waals surface area (Å²) in [6.45, 7) is 4.28. The van der Waals surface area contributed by atoms with Gasteiger partial charge in [0.2, 0.25) is 10.0 Å². The van der Waals surface area contributed by atoms with Crippen LogP contribution >= 0.6 is 15.9 Å². The van der Waals surface area contributed by atoms with Gasteiger partial charge >= 0.3 is 0 Å². The third kappa shape index (κ3) is 4.07. The quantitative estimate of drug-likeness (QED) is 0.805. The Hall–Kier alpha value is -0.390.